The number of ether oxygens (including phenoxy) is 2. The van der Waals surface area contributed by atoms with E-state index in [0.29, 0.717) is 16.8 Å². The third kappa shape index (κ3) is 3.15. The number of nitrogens with zero attached hydrogens (tertiary/aromatic N) is 1. The number of amides is 1. The van der Waals surface area contributed by atoms with Gasteiger partial charge in [0.2, 0.25) is 6.10 Å². The van der Waals surface area contributed by atoms with E-state index in [1.54, 1.807) is 24.3 Å². The van der Waals surface area contributed by atoms with Gasteiger partial charge in [0.05, 0.1) is 12.7 Å². The molecule has 0 N–H and O–H groups in total. The van der Waals surface area contributed by atoms with Gasteiger partial charge >= 0.3 is 11.9 Å². The maximum atomic E-state index is 13.2. The SMILES string of the molecule is COC(=O)c1ccc(N2C(=O)[C@@H](OC(C)=O)[C@@H]2c2ccc(F)cc2)cc1. The molecule has 0 aliphatic carbocycles. The van der Waals surface area contributed by atoms with Crippen LogP contribution in [0.25, 0.3) is 0 Å². The summed E-state index contributed by atoms with van der Waals surface area (Å²) in [6, 6.07) is 11.3. The Labute approximate surface area is 149 Å². The zero-order chi connectivity index (χ0) is 18.8. The van der Waals surface area contributed by atoms with Crippen molar-refractivity contribution in [3.8, 4) is 0 Å². The fraction of sp³-hybridized carbons (Fsp3) is 0.211. The van der Waals surface area contributed by atoms with Crippen LogP contribution < -0.4 is 4.90 Å². The molecular weight excluding hydrogens is 341 g/mol. The second-order valence-corrected chi connectivity index (χ2v) is 5.77. The molecule has 2 aromatic rings. The number of carbonyl (C=O) groups is 3. The van der Waals surface area contributed by atoms with Crippen molar-refractivity contribution in [1.29, 1.82) is 0 Å². The van der Waals surface area contributed by atoms with Crippen LogP contribution in [0.3, 0.4) is 0 Å². The highest BCUT2D eigenvalue weighted by Gasteiger charge is 2.51. The molecule has 0 spiro atoms. The molecule has 1 saturated heterocycles. The molecule has 2 atom stereocenters. The highest BCUT2D eigenvalue weighted by Crippen LogP contribution is 2.41. The largest absolute Gasteiger partial charge is 0.465 e. The van der Waals surface area contributed by atoms with E-state index in [-0.39, 0.29) is 5.91 Å². The van der Waals surface area contributed by atoms with Crippen LogP contribution in [0.5, 0.6) is 0 Å². The van der Waals surface area contributed by atoms with Gasteiger partial charge in [-0.15, -0.1) is 0 Å². The Hall–Kier alpha value is -3.22. The average Bonchev–Trinajstić information content (AvgIpc) is 2.64. The van der Waals surface area contributed by atoms with Crippen LogP contribution in [0.1, 0.15) is 28.9 Å². The Morgan fingerprint density at radius 2 is 1.65 bits per heavy atom. The molecule has 1 amide bonds. The summed E-state index contributed by atoms with van der Waals surface area (Å²) in [6.45, 7) is 1.23. The van der Waals surface area contributed by atoms with Gasteiger partial charge in [0.15, 0.2) is 0 Å². The standard InChI is InChI=1S/C19H16FNO5/c1-11(22)26-17-16(12-3-7-14(20)8-4-12)21(18(17)23)15-9-5-13(6-10-15)19(24)25-2/h3-10,16-17H,1-2H3/t16-,17-/m0/s1. The first-order valence-electron chi connectivity index (χ1n) is 7.86. The monoisotopic (exact) mass is 357 g/mol. The summed E-state index contributed by atoms with van der Waals surface area (Å²) in [4.78, 5) is 36.8. The van der Waals surface area contributed by atoms with Gasteiger partial charge in [-0.05, 0) is 42.0 Å². The molecule has 6 nitrogen and oxygen atoms in total. The molecule has 1 fully saturated rings. The number of hydrogen-bond acceptors (Lipinski definition) is 5. The van der Waals surface area contributed by atoms with Crippen molar-refractivity contribution >= 4 is 23.5 Å². The lowest BCUT2D eigenvalue weighted by atomic mass is 9.89. The summed E-state index contributed by atoms with van der Waals surface area (Å²) in [5.74, 6) is -1.85. The fourth-order valence-electron chi connectivity index (χ4n) is 2.90. The Morgan fingerprint density at radius 3 is 2.19 bits per heavy atom. The van der Waals surface area contributed by atoms with Crippen molar-refractivity contribution in [3.05, 3.63) is 65.5 Å². The van der Waals surface area contributed by atoms with Crippen LogP contribution in [0.4, 0.5) is 10.1 Å². The van der Waals surface area contributed by atoms with Crippen LogP contribution >= 0.6 is 0 Å². The number of halogens is 1. The van der Waals surface area contributed by atoms with Crippen molar-refractivity contribution < 1.29 is 28.2 Å². The summed E-state index contributed by atoms with van der Waals surface area (Å²) in [5, 5.41) is 0. The molecule has 0 saturated carbocycles. The van der Waals surface area contributed by atoms with Crippen LogP contribution in [-0.2, 0) is 19.1 Å². The van der Waals surface area contributed by atoms with E-state index in [9.17, 15) is 18.8 Å². The smallest absolute Gasteiger partial charge is 0.337 e. The Bertz CT molecular complexity index is 847. The molecule has 1 heterocycles. The van der Waals surface area contributed by atoms with E-state index in [2.05, 4.69) is 4.74 Å². The minimum atomic E-state index is -0.974. The topological polar surface area (TPSA) is 72.9 Å². The van der Waals surface area contributed by atoms with E-state index < -0.39 is 29.9 Å². The zero-order valence-electron chi connectivity index (χ0n) is 14.1. The fourth-order valence-corrected chi connectivity index (χ4v) is 2.90. The van der Waals surface area contributed by atoms with Gasteiger partial charge in [-0.25, -0.2) is 9.18 Å². The normalized spacial score (nSPS) is 18.9. The van der Waals surface area contributed by atoms with E-state index in [1.165, 1.54) is 43.2 Å². The highest BCUT2D eigenvalue weighted by atomic mass is 19.1. The van der Waals surface area contributed by atoms with Crippen molar-refractivity contribution in [2.75, 3.05) is 12.0 Å². The van der Waals surface area contributed by atoms with Crippen LogP contribution in [-0.4, -0.2) is 31.1 Å². The maximum absolute atomic E-state index is 13.2. The molecule has 0 bridgehead atoms. The number of β-lactam (4-membered cyclic amide) rings is 1. The lowest BCUT2D eigenvalue weighted by Gasteiger charge is -2.46. The van der Waals surface area contributed by atoms with Gasteiger partial charge in [0.1, 0.15) is 11.9 Å². The second-order valence-electron chi connectivity index (χ2n) is 5.77. The summed E-state index contributed by atoms with van der Waals surface area (Å²) in [5.41, 5.74) is 1.51. The Balaban J connectivity index is 1.93. The third-order valence-corrected chi connectivity index (χ3v) is 4.12. The summed E-state index contributed by atoms with van der Waals surface area (Å²) in [6.07, 6.45) is -0.974. The van der Waals surface area contributed by atoms with Crippen molar-refractivity contribution in [2.45, 2.75) is 19.1 Å². The lowest BCUT2D eigenvalue weighted by Crippen LogP contribution is -2.60. The van der Waals surface area contributed by atoms with Gasteiger partial charge in [-0.3, -0.25) is 14.5 Å². The molecule has 0 radical (unpaired) electrons. The van der Waals surface area contributed by atoms with Gasteiger partial charge in [-0.1, -0.05) is 12.1 Å². The summed E-state index contributed by atoms with van der Waals surface area (Å²) >= 11 is 0. The first kappa shape index (κ1) is 17.6. The molecule has 26 heavy (non-hydrogen) atoms. The van der Waals surface area contributed by atoms with Crippen LogP contribution in [0, 0.1) is 5.82 Å². The minimum absolute atomic E-state index is 0.346. The first-order chi connectivity index (χ1) is 12.4. The number of rotatable bonds is 4. The zero-order valence-corrected chi connectivity index (χ0v) is 14.1. The Kier molecular flexibility index (Phi) is 4.71. The Morgan fingerprint density at radius 1 is 1.04 bits per heavy atom. The number of methoxy groups -OCH3 is 1. The summed E-state index contributed by atoms with van der Waals surface area (Å²) < 4.78 is 23.0. The molecular formula is C19H16FNO5. The quantitative estimate of drug-likeness (QED) is 0.621. The predicted octanol–water partition coefficient (Wildman–Crippen LogP) is 2.63. The van der Waals surface area contributed by atoms with E-state index in [1.807, 2.05) is 0 Å². The number of carbonyl (C=O) groups excluding carboxylic acids is 3. The van der Waals surface area contributed by atoms with Crippen molar-refractivity contribution in [2.24, 2.45) is 0 Å². The van der Waals surface area contributed by atoms with Gasteiger partial charge in [0.25, 0.3) is 5.91 Å². The average molecular weight is 357 g/mol. The summed E-state index contributed by atoms with van der Waals surface area (Å²) in [7, 11) is 1.28. The number of hydrogen-bond donors (Lipinski definition) is 0. The van der Waals surface area contributed by atoms with Gasteiger partial charge in [0, 0.05) is 12.6 Å². The molecule has 1 aliphatic rings. The van der Waals surface area contributed by atoms with Crippen molar-refractivity contribution in [3.63, 3.8) is 0 Å². The molecule has 0 aromatic heterocycles. The number of benzene rings is 2. The minimum Gasteiger partial charge on any atom is -0.465 e. The number of esters is 2. The first-order valence-corrected chi connectivity index (χ1v) is 7.86. The molecule has 1 aliphatic heterocycles. The van der Waals surface area contributed by atoms with Gasteiger partial charge < -0.3 is 9.47 Å². The molecule has 7 heteroatoms. The third-order valence-electron chi connectivity index (χ3n) is 4.12. The van der Waals surface area contributed by atoms with Crippen molar-refractivity contribution in [1.82, 2.24) is 0 Å². The predicted molar refractivity (Wildman–Crippen MR) is 90.0 cm³/mol. The highest BCUT2D eigenvalue weighted by molar-refractivity contribution is 6.06. The van der Waals surface area contributed by atoms with E-state index in [4.69, 9.17) is 4.74 Å². The number of anilines is 1. The lowest BCUT2D eigenvalue weighted by molar-refractivity contribution is -0.160. The molecule has 3 rings (SSSR count). The van der Waals surface area contributed by atoms with E-state index in [0.717, 1.165) is 0 Å². The van der Waals surface area contributed by atoms with Crippen LogP contribution in [0.2, 0.25) is 0 Å². The molecule has 2 aromatic carbocycles. The molecule has 0 unspecified atom stereocenters. The van der Waals surface area contributed by atoms with Gasteiger partial charge in [-0.2, -0.15) is 0 Å². The maximum Gasteiger partial charge on any atom is 0.337 e. The second kappa shape index (κ2) is 6.95. The van der Waals surface area contributed by atoms with Crippen LogP contribution in [0.15, 0.2) is 48.5 Å². The van der Waals surface area contributed by atoms with E-state index >= 15 is 0 Å². The molecule has 134 valence electrons.